The smallest absolute Gasteiger partial charge is 0.254 e. The highest BCUT2D eigenvalue weighted by Gasteiger charge is 2.24. The number of rotatable bonds is 8. The van der Waals surface area contributed by atoms with Crippen LogP contribution in [0.1, 0.15) is 37.0 Å². The van der Waals surface area contributed by atoms with Gasteiger partial charge in [0.2, 0.25) is 10.0 Å². The summed E-state index contributed by atoms with van der Waals surface area (Å²) in [4.78, 5) is 14.0. The molecule has 6 nitrogen and oxygen atoms in total. The second-order valence-corrected chi connectivity index (χ2v) is 7.02. The van der Waals surface area contributed by atoms with Gasteiger partial charge in [-0.2, -0.15) is 0 Å². The van der Waals surface area contributed by atoms with Crippen LogP contribution in [0.25, 0.3) is 0 Å². The van der Waals surface area contributed by atoms with Crippen molar-refractivity contribution in [2.24, 2.45) is 5.73 Å². The van der Waals surface area contributed by atoms with E-state index < -0.39 is 16.1 Å². The van der Waals surface area contributed by atoms with Gasteiger partial charge >= 0.3 is 0 Å². The molecule has 0 unspecified atom stereocenters. The van der Waals surface area contributed by atoms with Crippen molar-refractivity contribution in [2.75, 3.05) is 20.1 Å². The molecule has 22 heavy (non-hydrogen) atoms. The predicted molar refractivity (Wildman–Crippen MR) is 87.1 cm³/mol. The van der Waals surface area contributed by atoms with Crippen LogP contribution < -0.4 is 10.5 Å². The molecule has 0 radical (unpaired) electrons. The van der Waals surface area contributed by atoms with Crippen LogP contribution in [-0.4, -0.2) is 45.4 Å². The van der Waals surface area contributed by atoms with Gasteiger partial charge in [-0.25, -0.2) is 13.1 Å². The van der Waals surface area contributed by atoms with Gasteiger partial charge in [0.15, 0.2) is 0 Å². The third-order valence-corrected chi connectivity index (χ3v) is 4.96. The summed E-state index contributed by atoms with van der Waals surface area (Å²) in [6, 6.07) is 5.83. The fraction of sp³-hybridized carbons (Fsp3) is 0.533. The minimum absolute atomic E-state index is 0.0105. The van der Waals surface area contributed by atoms with Gasteiger partial charge in [0.05, 0.1) is 10.5 Å². The summed E-state index contributed by atoms with van der Waals surface area (Å²) >= 11 is 0. The van der Waals surface area contributed by atoms with Gasteiger partial charge in [0.25, 0.3) is 5.91 Å². The van der Waals surface area contributed by atoms with Crippen LogP contribution in [0.4, 0.5) is 0 Å². The first-order valence-corrected chi connectivity index (χ1v) is 8.88. The SMILES string of the molecule is CCCCN(C)C(=O)c1ccccc1S(=O)(=O)N[C@@H](C)CN. The van der Waals surface area contributed by atoms with E-state index in [0.717, 1.165) is 12.8 Å². The number of benzene rings is 1. The average Bonchev–Trinajstić information content (AvgIpc) is 2.51. The number of nitrogens with zero attached hydrogens (tertiary/aromatic N) is 1. The molecule has 0 saturated carbocycles. The highest BCUT2D eigenvalue weighted by atomic mass is 32.2. The Balaban J connectivity index is 3.11. The molecule has 0 fully saturated rings. The number of hydrogen-bond donors (Lipinski definition) is 2. The summed E-state index contributed by atoms with van der Waals surface area (Å²) in [5.74, 6) is -0.296. The van der Waals surface area contributed by atoms with E-state index in [1.165, 1.54) is 12.1 Å². The van der Waals surface area contributed by atoms with Gasteiger partial charge in [0, 0.05) is 26.2 Å². The van der Waals surface area contributed by atoms with Crippen LogP contribution in [0.15, 0.2) is 29.2 Å². The normalized spacial score (nSPS) is 12.9. The zero-order valence-electron chi connectivity index (χ0n) is 13.4. The first kappa shape index (κ1) is 18.6. The second-order valence-electron chi connectivity index (χ2n) is 5.33. The minimum Gasteiger partial charge on any atom is -0.342 e. The lowest BCUT2D eigenvalue weighted by molar-refractivity contribution is 0.0789. The zero-order chi connectivity index (χ0) is 16.8. The summed E-state index contributed by atoms with van der Waals surface area (Å²) in [6.07, 6.45) is 1.84. The van der Waals surface area contributed by atoms with Crippen LogP contribution in [0.5, 0.6) is 0 Å². The van der Waals surface area contributed by atoms with Gasteiger partial charge < -0.3 is 10.6 Å². The molecule has 1 rings (SSSR count). The molecule has 1 aromatic rings. The molecule has 0 aliphatic rings. The quantitative estimate of drug-likeness (QED) is 0.750. The standard InChI is InChI=1S/C15H25N3O3S/c1-4-5-10-18(3)15(19)13-8-6-7-9-14(13)22(20,21)17-12(2)11-16/h6-9,12,17H,4-5,10-11,16H2,1-3H3/t12-/m0/s1. The van der Waals surface area contributed by atoms with Crippen molar-refractivity contribution in [1.29, 1.82) is 0 Å². The molecule has 0 heterocycles. The van der Waals surface area contributed by atoms with Crippen molar-refractivity contribution in [3.05, 3.63) is 29.8 Å². The van der Waals surface area contributed by atoms with Gasteiger partial charge in [-0.15, -0.1) is 0 Å². The third kappa shape index (κ3) is 4.79. The molecule has 124 valence electrons. The van der Waals surface area contributed by atoms with Gasteiger partial charge in [-0.05, 0) is 25.5 Å². The minimum atomic E-state index is -3.78. The molecule has 7 heteroatoms. The Morgan fingerprint density at radius 2 is 2.00 bits per heavy atom. The molecule has 0 aliphatic heterocycles. The van der Waals surface area contributed by atoms with Crippen molar-refractivity contribution < 1.29 is 13.2 Å². The van der Waals surface area contributed by atoms with E-state index in [-0.39, 0.29) is 22.9 Å². The largest absolute Gasteiger partial charge is 0.342 e. The third-order valence-electron chi connectivity index (χ3n) is 3.31. The first-order valence-electron chi connectivity index (χ1n) is 7.40. The maximum absolute atomic E-state index is 12.5. The molecule has 3 N–H and O–H groups in total. The fourth-order valence-electron chi connectivity index (χ4n) is 1.96. The van der Waals surface area contributed by atoms with Gasteiger partial charge in [-0.3, -0.25) is 4.79 Å². The van der Waals surface area contributed by atoms with Crippen molar-refractivity contribution in [2.45, 2.75) is 37.6 Å². The zero-order valence-corrected chi connectivity index (χ0v) is 14.2. The van der Waals surface area contributed by atoms with E-state index in [4.69, 9.17) is 5.73 Å². The Kier molecular flexibility index (Phi) is 6.99. The molecule has 1 atom stereocenters. The maximum atomic E-state index is 12.5. The highest BCUT2D eigenvalue weighted by molar-refractivity contribution is 7.89. The lowest BCUT2D eigenvalue weighted by Crippen LogP contribution is -2.39. The highest BCUT2D eigenvalue weighted by Crippen LogP contribution is 2.17. The number of amides is 1. The molecular weight excluding hydrogens is 302 g/mol. The molecule has 1 aromatic carbocycles. The molecule has 0 aliphatic carbocycles. The predicted octanol–water partition coefficient (Wildman–Crippen LogP) is 1.18. The van der Waals surface area contributed by atoms with E-state index in [1.807, 2.05) is 6.92 Å². The topological polar surface area (TPSA) is 92.5 Å². The molecule has 0 spiro atoms. The number of nitrogens with one attached hydrogen (secondary N) is 1. The van der Waals surface area contributed by atoms with Crippen molar-refractivity contribution >= 4 is 15.9 Å². The number of unbranched alkanes of at least 4 members (excludes halogenated alkanes) is 1. The van der Waals surface area contributed by atoms with E-state index in [0.29, 0.717) is 6.54 Å². The van der Waals surface area contributed by atoms with E-state index >= 15 is 0 Å². The molecule has 1 amide bonds. The Labute approximate surface area is 132 Å². The number of nitrogens with two attached hydrogens (primary N) is 1. The fourth-order valence-corrected chi connectivity index (χ4v) is 3.41. The van der Waals surface area contributed by atoms with Crippen LogP contribution in [0.3, 0.4) is 0 Å². The van der Waals surface area contributed by atoms with E-state index in [1.54, 1.807) is 31.0 Å². The van der Waals surface area contributed by atoms with Crippen molar-refractivity contribution in [3.8, 4) is 0 Å². The number of sulfonamides is 1. The Morgan fingerprint density at radius 3 is 2.59 bits per heavy atom. The average molecular weight is 327 g/mol. The van der Waals surface area contributed by atoms with Gasteiger partial charge in [0.1, 0.15) is 0 Å². The van der Waals surface area contributed by atoms with Crippen LogP contribution in [0, 0.1) is 0 Å². The lowest BCUT2D eigenvalue weighted by atomic mass is 10.2. The maximum Gasteiger partial charge on any atom is 0.254 e. The Bertz CT molecular complexity index is 602. The Hall–Kier alpha value is -1.44. The summed E-state index contributed by atoms with van der Waals surface area (Å²) < 4.78 is 27.3. The van der Waals surface area contributed by atoms with Gasteiger partial charge in [-0.1, -0.05) is 25.5 Å². The van der Waals surface area contributed by atoms with Crippen LogP contribution in [0.2, 0.25) is 0 Å². The van der Waals surface area contributed by atoms with Crippen LogP contribution >= 0.6 is 0 Å². The summed E-state index contributed by atoms with van der Waals surface area (Å²) in [6.45, 7) is 4.49. The number of hydrogen-bond acceptors (Lipinski definition) is 4. The number of carbonyl (C=O) groups excluding carboxylic acids is 1. The second kappa shape index (κ2) is 8.26. The van der Waals surface area contributed by atoms with Crippen molar-refractivity contribution in [3.63, 3.8) is 0 Å². The Morgan fingerprint density at radius 1 is 1.36 bits per heavy atom. The number of carbonyl (C=O) groups is 1. The molecule has 0 saturated heterocycles. The lowest BCUT2D eigenvalue weighted by Gasteiger charge is -2.19. The molecule has 0 aromatic heterocycles. The van der Waals surface area contributed by atoms with E-state index in [2.05, 4.69) is 4.72 Å². The van der Waals surface area contributed by atoms with E-state index in [9.17, 15) is 13.2 Å². The summed E-state index contributed by atoms with van der Waals surface area (Å²) in [7, 11) is -2.10. The summed E-state index contributed by atoms with van der Waals surface area (Å²) in [5, 5.41) is 0. The monoisotopic (exact) mass is 327 g/mol. The molecular formula is C15H25N3O3S. The molecule has 0 bridgehead atoms. The summed E-state index contributed by atoms with van der Waals surface area (Å²) in [5.41, 5.74) is 5.63. The van der Waals surface area contributed by atoms with Crippen LogP contribution in [-0.2, 0) is 10.0 Å². The van der Waals surface area contributed by atoms with Crippen molar-refractivity contribution in [1.82, 2.24) is 9.62 Å². The first-order chi connectivity index (χ1) is 10.3.